The van der Waals surface area contributed by atoms with Crippen molar-refractivity contribution in [1.82, 2.24) is 4.90 Å². The Labute approximate surface area is 86.7 Å². The minimum absolute atomic E-state index is 0.210. The van der Waals surface area contributed by atoms with Crippen LogP contribution in [0.1, 0.15) is 27.2 Å². The third kappa shape index (κ3) is 3.56. The van der Waals surface area contributed by atoms with Crippen LogP contribution in [-0.4, -0.2) is 47.0 Å². The predicted octanol–water partition coefficient (Wildman–Crippen LogP) is 0.706. The molecule has 0 saturated carbocycles. The van der Waals surface area contributed by atoms with E-state index in [1.54, 1.807) is 0 Å². The summed E-state index contributed by atoms with van der Waals surface area (Å²) in [5, 5.41) is 19.3. The van der Waals surface area contributed by atoms with E-state index in [2.05, 4.69) is 11.8 Å². The molecule has 1 fully saturated rings. The van der Waals surface area contributed by atoms with Crippen molar-refractivity contribution in [3.05, 3.63) is 0 Å². The van der Waals surface area contributed by atoms with E-state index in [0.29, 0.717) is 24.9 Å². The van der Waals surface area contributed by atoms with Crippen LogP contribution in [0.4, 0.5) is 0 Å². The van der Waals surface area contributed by atoms with Gasteiger partial charge in [0.15, 0.2) is 0 Å². The molecule has 0 aromatic rings. The largest absolute Gasteiger partial charge is 0.392 e. The lowest BCUT2D eigenvalue weighted by Gasteiger charge is -2.35. The lowest BCUT2D eigenvalue weighted by Crippen LogP contribution is -2.46. The lowest BCUT2D eigenvalue weighted by atomic mass is 9.97. The first-order chi connectivity index (χ1) is 6.49. The summed E-state index contributed by atoms with van der Waals surface area (Å²) in [6.45, 7) is 8.61. The Morgan fingerprint density at radius 1 is 1.36 bits per heavy atom. The highest BCUT2D eigenvalue weighted by Gasteiger charge is 2.25. The van der Waals surface area contributed by atoms with Gasteiger partial charge in [-0.25, -0.2) is 0 Å². The zero-order valence-electron chi connectivity index (χ0n) is 9.48. The number of aliphatic hydroxyl groups is 2. The third-order valence-corrected chi connectivity index (χ3v) is 2.93. The molecule has 1 unspecified atom stereocenters. The van der Waals surface area contributed by atoms with Crippen LogP contribution in [0.15, 0.2) is 0 Å². The maximum absolute atomic E-state index is 9.73. The molecule has 1 rings (SSSR count). The molecule has 0 aromatic heterocycles. The molecule has 1 saturated heterocycles. The smallest absolute Gasteiger partial charge is 0.0689 e. The quantitative estimate of drug-likeness (QED) is 0.706. The molecule has 1 aliphatic rings. The molecule has 3 nitrogen and oxygen atoms in total. The Morgan fingerprint density at radius 2 is 2.00 bits per heavy atom. The number of likely N-dealkylation sites (tertiary alicyclic amines) is 1. The average molecular weight is 201 g/mol. The second-order valence-corrected chi connectivity index (χ2v) is 5.02. The molecule has 0 aliphatic carbocycles. The zero-order chi connectivity index (χ0) is 10.7. The Bertz CT molecular complexity index is 163. The second-order valence-electron chi connectivity index (χ2n) is 5.02. The van der Waals surface area contributed by atoms with Gasteiger partial charge in [-0.3, -0.25) is 4.90 Å². The van der Waals surface area contributed by atoms with E-state index in [-0.39, 0.29) is 12.2 Å². The highest BCUT2D eigenvalue weighted by molar-refractivity contribution is 4.78. The molecular weight excluding hydrogens is 178 g/mol. The van der Waals surface area contributed by atoms with Gasteiger partial charge in [-0.2, -0.15) is 0 Å². The SMILES string of the molecule is CC(C)C(O)CN1C[C@@H](C)C[C@@H](O)C1. The van der Waals surface area contributed by atoms with Crippen molar-refractivity contribution in [3.8, 4) is 0 Å². The maximum atomic E-state index is 9.73. The number of piperidine rings is 1. The fourth-order valence-electron chi connectivity index (χ4n) is 2.05. The third-order valence-electron chi connectivity index (χ3n) is 2.93. The van der Waals surface area contributed by atoms with E-state index in [4.69, 9.17) is 0 Å². The summed E-state index contributed by atoms with van der Waals surface area (Å²) in [4.78, 5) is 2.17. The van der Waals surface area contributed by atoms with Gasteiger partial charge in [0.25, 0.3) is 0 Å². The monoisotopic (exact) mass is 201 g/mol. The topological polar surface area (TPSA) is 43.7 Å². The summed E-state index contributed by atoms with van der Waals surface area (Å²) in [7, 11) is 0. The number of aliphatic hydroxyl groups excluding tert-OH is 2. The van der Waals surface area contributed by atoms with Crippen LogP contribution in [0.2, 0.25) is 0 Å². The van der Waals surface area contributed by atoms with Gasteiger partial charge in [-0.1, -0.05) is 20.8 Å². The van der Waals surface area contributed by atoms with Gasteiger partial charge in [0, 0.05) is 19.6 Å². The van der Waals surface area contributed by atoms with Gasteiger partial charge in [0.2, 0.25) is 0 Å². The van der Waals surface area contributed by atoms with Gasteiger partial charge in [0.05, 0.1) is 12.2 Å². The van der Waals surface area contributed by atoms with E-state index in [1.807, 2.05) is 13.8 Å². The lowest BCUT2D eigenvalue weighted by molar-refractivity contribution is 0.00839. The fraction of sp³-hybridized carbons (Fsp3) is 1.00. The normalized spacial score (nSPS) is 32.1. The first-order valence-corrected chi connectivity index (χ1v) is 5.57. The van der Waals surface area contributed by atoms with Crippen LogP contribution in [0.25, 0.3) is 0 Å². The summed E-state index contributed by atoms with van der Waals surface area (Å²) in [5.41, 5.74) is 0. The molecule has 3 heteroatoms. The summed E-state index contributed by atoms with van der Waals surface area (Å²) in [6.07, 6.45) is 0.416. The molecule has 0 amide bonds. The van der Waals surface area contributed by atoms with Gasteiger partial charge in [-0.05, 0) is 18.3 Å². The fourth-order valence-corrected chi connectivity index (χ4v) is 2.05. The van der Waals surface area contributed by atoms with Crippen LogP contribution in [0, 0.1) is 11.8 Å². The number of hydrogen-bond donors (Lipinski definition) is 2. The molecule has 0 bridgehead atoms. The van der Waals surface area contributed by atoms with Crippen molar-refractivity contribution < 1.29 is 10.2 Å². The molecular formula is C11H23NO2. The number of nitrogens with zero attached hydrogens (tertiary/aromatic N) is 1. The first kappa shape index (κ1) is 12.0. The van der Waals surface area contributed by atoms with Crippen molar-refractivity contribution in [2.24, 2.45) is 11.8 Å². The van der Waals surface area contributed by atoms with Crippen LogP contribution in [-0.2, 0) is 0 Å². The average Bonchev–Trinajstić information content (AvgIpc) is 2.01. The van der Waals surface area contributed by atoms with Gasteiger partial charge < -0.3 is 10.2 Å². The number of β-amino-alcohol motifs (C(OH)–C–C–N with tert-alkyl or cyclic N) is 2. The van der Waals surface area contributed by atoms with Gasteiger partial charge >= 0.3 is 0 Å². The van der Waals surface area contributed by atoms with Crippen molar-refractivity contribution in [2.75, 3.05) is 19.6 Å². The van der Waals surface area contributed by atoms with Crippen molar-refractivity contribution in [3.63, 3.8) is 0 Å². The van der Waals surface area contributed by atoms with E-state index >= 15 is 0 Å². The standard InChI is InChI=1S/C11H23NO2/c1-8(2)11(14)7-12-5-9(3)4-10(13)6-12/h8-11,13-14H,4-7H2,1-3H3/t9-,10+,11?/m0/s1. The highest BCUT2D eigenvalue weighted by Crippen LogP contribution is 2.17. The van der Waals surface area contributed by atoms with Crippen LogP contribution >= 0.6 is 0 Å². The number of hydrogen-bond acceptors (Lipinski definition) is 3. The highest BCUT2D eigenvalue weighted by atomic mass is 16.3. The summed E-state index contributed by atoms with van der Waals surface area (Å²) in [5.74, 6) is 0.836. The second kappa shape index (κ2) is 5.10. The van der Waals surface area contributed by atoms with Crippen molar-refractivity contribution in [1.29, 1.82) is 0 Å². The Balaban J connectivity index is 2.36. The minimum Gasteiger partial charge on any atom is -0.392 e. The van der Waals surface area contributed by atoms with Crippen molar-refractivity contribution in [2.45, 2.75) is 39.4 Å². The molecule has 0 spiro atoms. The van der Waals surface area contributed by atoms with Crippen molar-refractivity contribution >= 4 is 0 Å². The Hall–Kier alpha value is -0.120. The molecule has 0 radical (unpaired) electrons. The zero-order valence-corrected chi connectivity index (χ0v) is 9.48. The Kier molecular flexibility index (Phi) is 4.35. The molecule has 3 atom stereocenters. The number of rotatable bonds is 3. The van der Waals surface area contributed by atoms with Crippen LogP contribution < -0.4 is 0 Å². The summed E-state index contributed by atoms with van der Waals surface area (Å²) in [6, 6.07) is 0. The van der Waals surface area contributed by atoms with Gasteiger partial charge in [0.1, 0.15) is 0 Å². The molecule has 14 heavy (non-hydrogen) atoms. The van der Waals surface area contributed by atoms with E-state index in [9.17, 15) is 10.2 Å². The molecule has 2 N–H and O–H groups in total. The molecule has 1 heterocycles. The molecule has 0 aromatic carbocycles. The maximum Gasteiger partial charge on any atom is 0.0689 e. The summed E-state index contributed by atoms with van der Waals surface area (Å²) >= 11 is 0. The van der Waals surface area contributed by atoms with E-state index in [1.165, 1.54) is 0 Å². The summed E-state index contributed by atoms with van der Waals surface area (Å²) < 4.78 is 0. The minimum atomic E-state index is -0.271. The van der Waals surface area contributed by atoms with E-state index < -0.39 is 0 Å². The van der Waals surface area contributed by atoms with Crippen LogP contribution in [0.5, 0.6) is 0 Å². The molecule has 84 valence electrons. The predicted molar refractivity (Wildman–Crippen MR) is 57.1 cm³/mol. The van der Waals surface area contributed by atoms with Gasteiger partial charge in [-0.15, -0.1) is 0 Å². The Morgan fingerprint density at radius 3 is 2.50 bits per heavy atom. The molecule has 1 aliphatic heterocycles. The first-order valence-electron chi connectivity index (χ1n) is 5.57. The van der Waals surface area contributed by atoms with E-state index in [0.717, 1.165) is 13.0 Å². The van der Waals surface area contributed by atoms with Crippen LogP contribution in [0.3, 0.4) is 0 Å².